The van der Waals surface area contributed by atoms with E-state index in [1.165, 1.54) is 13.8 Å². The van der Waals surface area contributed by atoms with Crippen molar-refractivity contribution < 1.29 is 18.3 Å². The van der Waals surface area contributed by atoms with Crippen molar-refractivity contribution >= 4 is 15.7 Å². The van der Waals surface area contributed by atoms with Crippen LogP contribution in [0.1, 0.15) is 26.7 Å². The first kappa shape index (κ1) is 12.4. The van der Waals surface area contributed by atoms with Crippen LogP contribution < -0.4 is 5.32 Å². The molecule has 0 aliphatic heterocycles. The van der Waals surface area contributed by atoms with E-state index in [2.05, 4.69) is 5.32 Å². The van der Waals surface area contributed by atoms with E-state index in [9.17, 15) is 13.2 Å². The Hall–Kier alpha value is -0.620. The third-order valence-electron chi connectivity index (χ3n) is 2.92. The van der Waals surface area contributed by atoms with Crippen LogP contribution in [0.25, 0.3) is 0 Å². The molecule has 0 radical (unpaired) electrons. The molecule has 0 aromatic rings. The van der Waals surface area contributed by atoms with Crippen molar-refractivity contribution in [1.82, 2.24) is 5.32 Å². The number of carbonyl (C=O) groups is 1. The molecule has 0 saturated heterocycles. The Morgan fingerprint density at radius 1 is 1.40 bits per heavy atom. The van der Waals surface area contributed by atoms with Crippen LogP contribution in [0.2, 0.25) is 0 Å². The quantitative estimate of drug-likeness (QED) is 0.687. The molecule has 1 rings (SSSR count). The molecule has 0 bridgehead atoms. The topological polar surface area (TPSA) is 83.5 Å². The van der Waals surface area contributed by atoms with Gasteiger partial charge in [0.1, 0.15) is 4.75 Å². The standard InChI is InChI=1S/C9H17NO4S/c1-9(2,15(3,13)14)8(12)10-6-4-7(11)5-6/h6-7,11H,4-5H2,1-3H3,(H,10,12). The van der Waals surface area contributed by atoms with E-state index in [4.69, 9.17) is 5.11 Å². The summed E-state index contributed by atoms with van der Waals surface area (Å²) >= 11 is 0. The number of hydrogen-bond acceptors (Lipinski definition) is 4. The van der Waals surface area contributed by atoms with Gasteiger partial charge in [-0.15, -0.1) is 0 Å². The number of carbonyl (C=O) groups excluding carboxylic acids is 1. The zero-order valence-corrected chi connectivity index (χ0v) is 9.97. The van der Waals surface area contributed by atoms with Crippen LogP contribution in [-0.4, -0.2) is 42.6 Å². The third-order valence-corrected chi connectivity index (χ3v) is 4.96. The lowest BCUT2D eigenvalue weighted by Crippen LogP contribution is -2.55. The van der Waals surface area contributed by atoms with Crippen molar-refractivity contribution in [3.05, 3.63) is 0 Å². The molecule has 0 aromatic carbocycles. The van der Waals surface area contributed by atoms with E-state index in [0.717, 1.165) is 6.26 Å². The van der Waals surface area contributed by atoms with Gasteiger partial charge < -0.3 is 10.4 Å². The van der Waals surface area contributed by atoms with Gasteiger partial charge in [-0.2, -0.15) is 0 Å². The molecule has 5 nitrogen and oxygen atoms in total. The van der Waals surface area contributed by atoms with E-state index in [-0.39, 0.29) is 12.1 Å². The summed E-state index contributed by atoms with van der Waals surface area (Å²) in [5, 5.41) is 11.6. The smallest absolute Gasteiger partial charge is 0.241 e. The average Bonchev–Trinajstić information content (AvgIpc) is 1.99. The molecular weight excluding hydrogens is 218 g/mol. The van der Waals surface area contributed by atoms with Crippen molar-refractivity contribution in [1.29, 1.82) is 0 Å². The van der Waals surface area contributed by atoms with Gasteiger partial charge in [-0.05, 0) is 26.7 Å². The van der Waals surface area contributed by atoms with Crippen LogP contribution in [0.15, 0.2) is 0 Å². The van der Waals surface area contributed by atoms with Gasteiger partial charge in [0.15, 0.2) is 9.84 Å². The number of hydrogen-bond donors (Lipinski definition) is 2. The molecule has 1 saturated carbocycles. The molecule has 1 fully saturated rings. The first-order valence-corrected chi connectivity index (χ1v) is 6.72. The molecule has 0 heterocycles. The van der Waals surface area contributed by atoms with E-state index in [1.807, 2.05) is 0 Å². The van der Waals surface area contributed by atoms with Crippen molar-refractivity contribution in [2.75, 3.05) is 6.26 Å². The van der Waals surface area contributed by atoms with Crippen LogP contribution in [0.3, 0.4) is 0 Å². The van der Waals surface area contributed by atoms with E-state index < -0.39 is 20.5 Å². The third kappa shape index (κ3) is 2.49. The molecule has 1 aliphatic rings. The second kappa shape index (κ2) is 3.75. The Kier molecular flexibility index (Phi) is 3.11. The predicted molar refractivity (Wildman–Crippen MR) is 56.1 cm³/mol. The summed E-state index contributed by atoms with van der Waals surface area (Å²) in [6.07, 6.45) is 1.69. The summed E-state index contributed by atoms with van der Waals surface area (Å²) in [6.45, 7) is 2.76. The first-order chi connectivity index (χ1) is 6.64. The second-order valence-corrected chi connectivity index (χ2v) is 7.14. The fourth-order valence-corrected chi connectivity index (χ4v) is 1.63. The number of amides is 1. The largest absolute Gasteiger partial charge is 0.393 e. The number of nitrogens with one attached hydrogen (secondary N) is 1. The lowest BCUT2D eigenvalue weighted by Gasteiger charge is -2.34. The minimum Gasteiger partial charge on any atom is -0.393 e. The van der Waals surface area contributed by atoms with E-state index >= 15 is 0 Å². The Bertz CT molecular complexity index is 354. The summed E-state index contributed by atoms with van der Waals surface area (Å²) < 4.78 is 21.3. The van der Waals surface area contributed by atoms with Gasteiger partial charge in [-0.3, -0.25) is 4.79 Å². The molecule has 0 aromatic heterocycles. The minimum absolute atomic E-state index is 0.0893. The number of sulfone groups is 1. The van der Waals surface area contributed by atoms with Gasteiger partial charge in [0.2, 0.25) is 5.91 Å². The van der Waals surface area contributed by atoms with Gasteiger partial charge in [0, 0.05) is 12.3 Å². The summed E-state index contributed by atoms with van der Waals surface area (Å²) in [4.78, 5) is 11.6. The number of aliphatic hydroxyl groups excluding tert-OH is 1. The van der Waals surface area contributed by atoms with Gasteiger partial charge in [-0.1, -0.05) is 0 Å². The summed E-state index contributed by atoms with van der Waals surface area (Å²) in [6, 6.07) is -0.0893. The van der Waals surface area contributed by atoms with Crippen LogP contribution in [0.5, 0.6) is 0 Å². The lowest BCUT2D eigenvalue weighted by atomic mass is 9.89. The second-order valence-electron chi connectivity index (χ2n) is 4.58. The predicted octanol–water partition coefficient (Wildman–Crippen LogP) is -0.551. The normalized spacial score (nSPS) is 26.9. The molecule has 1 amide bonds. The molecule has 0 atom stereocenters. The molecule has 15 heavy (non-hydrogen) atoms. The van der Waals surface area contributed by atoms with Crippen molar-refractivity contribution in [2.45, 2.75) is 43.6 Å². The Morgan fingerprint density at radius 3 is 2.20 bits per heavy atom. The Labute approximate surface area is 89.8 Å². The van der Waals surface area contributed by atoms with Crippen LogP contribution in [-0.2, 0) is 14.6 Å². The van der Waals surface area contributed by atoms with E-state index in [1.54, 1.807) is 0 Å². The summed E-state index contributed by atoms with van der Waals surface area (Å²) in [7, 11) is -3.42. The molecule has 6 heteroatoms. The maximum Gasteiger partial charge on any atom is 0.241 e. The van der Waals surface area contributed by atoms with Gasteiger partial charge >= 0.3 is 0 Å². The first-order valence-electron chi connectivity index (χ1n) is 4.83. The van der Waals surface area contributed by atoms with Crippen molar-refractivity contribution in [3.8, 4) is 0 Å². The zero-order valence-electron chi connectivity index (χ0n) is 9.15. The monoisotopic (exact) mass is 235 g/mol. The maximum absolute atomic E-state index is 11.6. The number of aliphatic hydroxyl groups is 1. The summed E-state index contributed by atoms with van der Waals surface area (Å²) in [5.41, 5.74) is 0. The highest BCUT2D eigenvalue weighted by Crippen LogP contribution is 2.22. The van der Waals surface area contributed by atoms with Crippen LogP contribution in [0.4, 0.5) is 0 Å². The molecule has 88 valence electrons. The van der Waals surface area contributed by atoms with E-state index in [0.29, 0.717) is 12.8 Å². The van der Waals surface area contributed by atoms with Crippen LogP contribution >= 0.6 is 0 Å². The zero-order chi connectivity index (χ0) is 11.9. The average molecular weight is 235 g/mol. The van der Waals surface area contributed by atoms with Crippen molar-refractivity contribution in [2.24, 2.45) is 0 Å². The maximum atomic E-state index is 11.6. The minimum atomic E-state index is -3.42. The highest BCUT2D eigenvalue weighted by molar-refractivity contribution is 7.92. The molecule has 0 unspecified atom stereocenters. The highest BCUT2D eigenvalue weighted by Gasteiger charge is 2.40. The van der Waals surface area contributed by atoms with Gasteiger partial charge in [-0.25, -0.2) is 8.42 Å². The number of rotatable bonds is 3. The summed E-state index contributed by atoms with van der Waals surface area (Å²) in [5.74, 6) is -0.498. The highest BCUT2D eigenvalue weighted by atomic mass is 32.2. The molecule has 2 N–H and O–H groups in total. The Balaban J connectivity index is 2.61. The van der Waals surface area contributed by atoms with Gasteiger partial charge in [0.05, 0.1) is 6.10 Å². The van der Waals surface area contributed by atoms with Crippen LogP contribution in [0, 0.1) is 0 Å². The van der Waals surface area contributed by atoms with Crippen molar-refractivity contribution in [3.63, 3.8) is 0 Å². The Morgan fingerprint density at radius 2 is 1.87 bits per heavy atom. The molecule has 1 aliphatic carbocycles. The fraction of sp³-hybridized carbons (Fsp3) is 0.889. The SMILES string of the molecule is CC(C)(C(=O)NC1CC(O)C1)S(C)(=O)=O. The fourth-order valence-electron chi connectivity index (χ4n) is 1.23. The molecule has 0 spiro atoms. The lowest BCUT2D eigenvalue weighted by molar-refractivity contribution is -0.124. The van der Waals surface area contributed by atoms with Gasteiger partial charge in [0.25, 0.3) is 0 Å². The molecular formula is C9H17NO4S.